The van der Waals surface area contributed by atoms with Gasteiger partial charge in [0.15, 0.2) is 0 Å². The van der Waals surface area contributed by atoms with Crippen molar-refractivity contribution in [3.8, 4) is 0 Å². The van der Waals surface area contributed by atoms with Gasteiger partial charge in [-0.1, -0.05) is 6.42 Å². The Balaban J connectivity index is 1.79. The van der Waals surface area contributed by atoms with E-state index in [0.717, 1.165) is 12.2 Å². The van der Waals surface area contributed by atoms with Crippen LogP contribution in [0.5, 0.6) is 0 Å². The number of piperidine rings is 1. The largest absolute Gasteiger partial charge is 0.270 e. The van der Waals surface area contributed by atoms with Crippen LogP contribution in [0.3, 0.4) is 0 Å². The molecule has 1 aromatic heterocycles. The topological polar surface area (TPSA) is 33.1 Å². The van der Waals surface area contributed by atoms with Crippen molar-refractivity contribution in [2.45, 2.75) is 45.7 Å². The molecular formula is C12H22N4. The maximum atomic E-state index is 4.52. The second kappa shape index (κ2) is 5.46. The van der Waals surface area contributed by atoms with E-state index in [2.05, 4.69) is 41.6 Å². The van der Waals surface area contributed by atoms with E-state index in [-0.39, 0.29) is 0 Å². The minimum atomic E-state index is 0.448. The number of nitrogens with zero attached hydrogens (tertiary/aromatic N) is 3. The smallest absolute Gasteiger partial charge is 0.0776 e. The molecule has 0 aliphatic carbocycles. The quantitative estimate of drug-likeness (QED) is 0.845. The molecule has 0 radical (unpaired) electrons. The second-order valence-electron chi connectivity index (χ2n) is 4.76. The highest BCUT2D eigenvalue weighted by atomic mass is 15.5. The Bertz CT molecular complexity index is 313. The van der Waals surface area contributed by atoms with E-state index in [9.17, 15) is 0 Å². The normalized spacial score (nSPS) is 18.2. The summed E-state index contributed by atoms with van der Waals surface area (Å²) in [7, 11) is 0. The van der Waals surface area contributed by atoms with E-state index < -0.39 is 0 Å². The fraction of sp³-hybridized carbons (Fsp3) is 0.750. The molecular weight excluding hydrogens is 200 g/mol. The predicted octanol–water partition coefficient (Wildman–Crippen LogP) is 1.95. The van der Waals surface area contributed by atoms with Crippen LogP contribution < -0.4 is 5.43 Å². The Kier molecular flexibility index (Phi) is 3.96. The highest BCUT2D eigenvalue weighted by Crippen LogP contribution is 2.07. The van der Waals surface area contributed by atoms with Crippen LogP contribution in [0.2, 0.25) is 0 Å². The minimum absolute atomic E-state index is 0.448. The molecule has 0 saturated carbocycles. The van der Waals surface area contributed by atoms with Gasteiger partial charge in [-0.2, -0.15) is 5.10 Å². The predicted molar refractivity (Wildman–Crippen MR) is 64.9 cm³/mol. The first-order valence-corrected chi connectivity index (χ1v) is 6.28. The summed E-state index contributed by atoms with van der Waals surface area (Å²) < 4.78 is 2.01. The third kappa shape index (κ3) is 3.06. The van der Waals surface area contributed by atoms with Gasteiger partial charge in [-0.05, 0) is 32.8 Å². The summed E-state index contributed by atoms with van der Waals surface area (Å²) in [6, 6.07) is 2.54. The Morgan fingerprint density at radius 3 is 2.69 bits per heavy atom. The Hall–Kier alpha value is -0.870. The molecule has 0 bridgehead atoms. The lowest BCUT2D eigenvalue weighted by Crippen LogP contribution is -2.41. The molecule has 1 N–H and O–H groups in total. The lowest BCUT2D eigenvalue weighted by molar-refractivity contribution is 0.150. The number of hydrazine groups is 1. The Labute approximate surface area is 97.6 Å². The summed E-state index contributed by atoms with van der Waals surface area (Å²) in [5.41, 5.74) is 4.57. The SMILES string of the molecule is CC(C)n1ccc(CNN2CCCCC2)n1. The van der Waals surface area contributed by atoms with Crippen LogP contribution in [0, 0.1) is 0 Å². The maximum Gasteiger partial charge on any atom is 0.0776 e. The zero-order valence-electron chi connectivity index (χ0n) is 10.3. The van der Waals surface area contributed by atoms with Crippen LogP contribution in [0.25, 0.3) is 0 Å². The summed E-state index contributed by atoms with van der Waals surface area (Å²) in [4.78, 5) is 0. The fourth-order valence-electron chi connectivity index (χ4n) is 2.00. The molecule has 2 heterocycles. The summed E-state index contributed by atoms with van der Waals surface area (Å²) in [6.07, 6.45) is 6.05. The van der Waals surface area contributed by atoms with Crippen molar-refractivity contribution in [2.24, 2.45) is 0 Å². The average molecular weight is 222 g/mol. The van der Waals surface area contributed by atoms with Gasteiger partial charge in [0.1, 0.15) is 0 Å². The average Bonchev–Trinajstić information content (AvgIpc) is 2.76. The van der Waals surface area contributed by atoms with E-state index >= 15 is 0 Å². The van der Waals surface area contributed by atoms with Gasteiger partial charge in [0.2, 0.25) is 0 Å². The zero-order chi connectivity index (χ0) is 11.4. The first-order chi connectivity index (χ1) is 7.75. The monoisotopic (exact) mass is 222 g/mol. The summed E-state index contributed by atoms with van der Waals surface area (Å²) in [5, 5.41) is 6.84. The zero-order valence-corrected chi connectivity index (χ0v) is 10.3. The first kappa shape index (κ1) is 11.6. The molecule has 4 nitrogen and oxygen atoms in total. The van der Waals surface area contributed by atoms with E-state index in [1.54, 1.807) is 0 Å². The Morgan fingerprint density at radius 2 is 2.06 bits per heavy atom. The molecule has 4 heteroatoms. The Morgan fingerprint density at radius 1 is 1.31 bits per heavy atom. The molecule has 1 aliphatic heterocycles. The van der Waals surface area contributed by atoms with Crippen LogP contribution in [0.4, 0.5) is 0 Å². The highest BCUT2D eigenvalue weighted by Gasteiger charge is 2.09. The molecule has 1 aromatic rings. The number of hydrogen-bond donors (Lipinski definition) is 1. The second-order valence-corrected chi connectivity index (χ2v) is 4.76. The van der Waals surface area contributed by atoms with Crippen LogP contribution in [-0.4, -0.2) is 27.9 Å². The molecule has 2 rings (SSSR count). The van der Waals surface area contributed by atoms with Crippen molar-refractivity contribution < 1.29 is 0 Å². The van der Waals surface area contributed by atoms with E-state index in [0.29, 0.717) is 6.04 Å². The van der Waals surface area contributed by atoms with Crippen LogP contribution >= 0.6 is 0 Å². The summed E-state index contributed by atoms with van der Waals surface area (Å²) in [5.74, 6) is 0. The molecule has 1 aliphatic rings. The van der Waals surface area contributed by atoms with Gasteiger partial charge in [0.05, 0.1) is 12.2 Å². The lowest BCUT2D eigenvalue weighted by Gasteiger charge is -2.26. The highest BCUT2D eigenvalue weighted by molar-refractivity contribution is 4.98. The summed E-state index contributed by atoms with van der Waals surface area (Å²) in [6.45, 7) is 7.49. The maximum absolute atomic E-state index is 4.52. The van der Waals surface area contributed by atoms with Gasteiger partial charge in [-0.25, -0.2) is 10.4 Å². The van der Waals surface area contributed by atoms with Crippen molar-refractivity contribution in [1.82, 2.24) is 20.2 Å². The van der Waals surface area contributed by atoms with E-state index in [1.807, 2.05) is 4.68 Å². The van der Waals surface area contributed by atoms with Crippen molar-refractivity contribution >= 4 is 0 Å². The molecule has 0 aromatic carbocycles. The van der Waals surface area contributed by atoms with Gasteiger partial charge in [0.25, 0.3) is 0 Å². The van der Waals surface area contributed by atoms with Crippen molar-refractivity contribution in [3.05, 3.63) is 18.0 Å². The van der Waals surface area contributed by atoms with Gasteiger partial charge in [-0.3, -0.25) is 4.68 Å². The van der Waals surface area contributed by atoms with Crippen molar-refractivity contribution in [2.75, 3.05) is 13.1 Å². The van der Waals surface area contributed by atoms with Gasteiger partial charge >= 0.3 is 0 Å². The van der Waals surface area contributed by atoms with Crippen LogP contribution in [0.15, 0.2) is 12.3 Å². The number of rotatable bonds is 4. The van der Waals surface area contributed by atoms with Crippen molar-refractivity contribution in [1.29, 1.82) is 0 Å². The van der Waals surface area contributed by atoms with Crippen LogP contribution in [-0.2, 0) is 6.54 Å². The number of nitrogens with one attached hydrogen (secondary N) is 1. The lowest BCUT2D eigenvalue weighted by atomic mass is 10.2. The summed E-state index contributed by atoms with van der Waals surface area (Å²) >= 11 is 0. The molecule has 0 spiro atoms. The fourth-order valence-corrected chi connectivity index (χ4v) is 2.00. The van der Waals surface area contributed by atoms with Crippen molar-refractivity contribution in [3.63, 3.8) is 0 Å². The third-order valence-corrected chi connectivity index (χ3v) is 3.03. The molecule has 1 saturated heterocycles. The first-order valence-electron chi connectivity index (χ1n) is 6.28. The van der Waals surface area contributed by atoms with Crippen LogP contribution in [0.1, 0.15) is 44.8 Å². The molecule has 1 fully saturated rings. The molecule has 0 unspecified atom stereocenters. The molecule has 90 valence electrons. The number of hydrogen-bond acceptors (Lipinski definition) is 3. The van der Waals surface area contributed by atoms with E-state index in [1.165, 1.54) is 32.4 Å². The van der Waals surface area contributed by atoms with Gasteiger partial charge in [-0.15, -0.1) is 0 Å². The van der Waals surface area contributed by atoms with Gasteiger partial charge in [0, 0.05) is 25.3 Å². The minimum Gasteiger partial charge on any atom is -0.270 e. The van der Waals surface area contributed by atoms with E-state index in [4.69, 9.17) is 0 Å². The molecule has 0 atom stereocenters. The number of aromatic nitrogens is 2. The van der Waals surface area contributed by atoms with Gasteiger partial charge < -0.3 is 0 Å². The molecule has 16 heavy (non-hydrogen) atoms. The third-order valence-electron chi connectivity index (χ3n) is 3.03. The molecule has 0 amide bonds. The standard InChI is InChI=1S/C12H22N4/c1-11(2)16-9-6-12(14-16)10-13-15-7-4-3-5-8-15/h6,9,11,13H,3-5,7-8,10H2,1-2H3.